The van der Waals surface area contributed by atoms with E-state index in [2.05, 4.69) is 30.3 Å². The Hall–Kier alpha value is -6.06. The average Bonchev–Trinajstić information content (AvgIpc) is 4.15. The summed E-state index contributed by atoms with van der Waals surface area (Å²) in [6.07, 6.45) is 13.6. The van der Waals surface area contributed by atoms with Crippen molar-refractivity contribution in [3.8, 4) is 16.9 Å². The Kier molecular flexibility index (Phi) is 11.4. The van der Waals surface area contributed by atoms with Crippen LogP contribution in [0.15, 0.2) is 60.0 Å². The van der Waals surface area contributed by atoms with Crippen LogP contribution in [0.3, 0.4) is 0 Å². The molecule has 2 amide bonds. The number of piperidine rings is 3. The normalized spacial score (nSPS) is 24.5. The lowest BCUT2D eigenvalue weighted by atomic mass is 9.65. The molecule has 354 valence electrons. The van der Waals surface area contributed by atoms with Gasteiger partial charge < -0.3 is 20.2 Å². The van der Waals surface area contributed by atoms with E-state index in [1.807, 2.05) is 35.3 Å². The summed E-state index contributed by atoms with van der Waals surface area (Å²) in [6.45, 7) is 3.86. The summed E-state index contributed by atoms with van der Waals surface area (Å²) in [5.41, 5.74) is 3.00. The van der Waals surface area contributed by atoms with Crippen molar-refractivity contribution in [3.05, 3.63) is 65.7 Å². The molecular formula is C46H57F2N15O4. The van der Waals surface area contributed by atoms with E-state index in [4.69, 9.17) is 15.2 Å². The molecule has 4 aliphatic heterocycles. The van der Waals surface area contributed by atoms with Crippen molar-refractivity contribution >= 4 is 40.0 Å². The first kappa shape index (κ1) is 43.5. The summed E-state index contributed by atoms with van der Waals surface area (Å²) in [5, 5.41) is 34.0. The molecule has 5 aromatic heterocycles. The Morgan fingerprint density at radius 1 is 0.910 bits per heavy atom. The minimum atomic E-state index is -2.60. The highest BCUT2D eigenvalue weighted by molar-refractivity contribution is 6.11. The summed E-state index contributed by atoms with van der Waals surface area (Å²) >= 11 is 0. The third-order valence-electron chi connectivity index (χ3n) is 15.3. The van der Waals surface area contributed by atoms with Crippen LogP contribution in [0.5, 0.6) is 0 Å². The monoisotopic (exact) mass is 921 g/mol. The number of nitrogens with one attached hydrogen (secondary N) is 1. The molecule has 9 heterocycles. The first-order valence-corrected chi connectivity index (χ1v) is 23.9. The van der Waals surface area contributed by atoms with E-state index >= 15 is 8.78 Å². The molecular weight excluding hydrogens is 865 g/mol. The minimum Gasteiger partial charge on any atom is -0.391 e. The van der Waals surface area contributed by atoms with E-state index in [0.29, 0.717) is 86.0 Å². The van der Waals surface area contributed by atoms with Crippen molar-refractivity contribution in [2.45, 2.75) is 94.7 Å². The molecule has 2 N–H and O–H groups in total. The summed E-state index contributed by atoms with van der Waals surface area (Å²) < 4.78 is 40.0. The lowest BCUT2D eigenvalue weighted by Crippen LogP contribution is -2.70. The number of aliphatic hydroxyl groups is 1. The number of anilines is 2. The number of rotatable bonds is 10. The predicted octanol–water partition coefficient (Wildman–Crippen LogP) is 3.52. The number of alkyl halides is 2. The van der Waals surface area contributed by atoms with Gasteiger partial charge >= 0.3 is 5.69 Å². The standard InChI is InChI=1S/C46H57F2N15O4/c1-55-40-34(12-5-13-35(40)62(45(55)67)63-37(65)14-6-15-38(63)66)56-21-23-58(24-22-56)46(16-18-49-26-33(46)42(47)48)41(30-9-3-2-4-10-30)60-28-31(25-52-60)61-36(27-51-54-61)39-43-50-17-8-20-59(43)53-44(39)57-19-7-11-32(64)29-57/h5,8,12-13,17,20,25,27-28,30,32-33,41-42,49,64H,2-4,6-7,9-11,14-16,18-19,21-24,26,29H2,1H3/t32-,33?,41-,46-/m1/s1. The number of hydrogen-bond donors (Lipinski definition) is 2. The van der Waals surface area contributed by atoms with Gasteiger partial charge in [-0.15, -0.1) is 10.2 Å². The first-order valence-electron chi connectivity index (χ1n) is 23.9. The summed E-state index contributed by atoms with van der Waals surface area (Å²) in [6, 6.07) is 6.95. The number of imide groups is 1. The number of fused-ring (bicyclic) bond motifs is 2. The van der Waals surface area contributed by atoms with Gasteiger partial charge in [-0.3, -0.25) is 23.7 Å². The van der Waals surface area contributed by atoms with E-state index in [0.717, 1.165) is 67.8 Å². The second-order valence-corrected chi connectivity index (χ2v) is 19.0. The number of carbonyl (C=O) groups excluding carboxylic acids is 2. The molecule has 4 saturated heterocycles. The number of β-amino-alcohol motifs (C(OH)–C–C–N with tert-alkyl or cyclic N) is 1. The molecule has 5 fully saturated rings. The van der Waals surface area contributed by atoms with Crippen molar-refractivity contribution in [1.29, 1.82) is 0 Å². The van der Waals surface area contributed by atoms with Gasteiger partial charge in [-0.25, -0.2) is 27.8 Å². The second-order valence-electron chi connectivity index (χ2n) is 19.0. The summed E-state index contributed by atoms with van der Waals surface area (Å²) in [7, 11) is 1.65. The molecule has 0 bridgehead atoms. The van der Waals surface area contributed by atoms with Crippen LogP contribution >= 0.6 is 0 Å². The van der Waals surface area contributed by atoms with Crippen LogP contribution in [0, 0.1) is 11.8 Å². The molecule has 1 aromatic carbocycles. The van der Waals surface area contributed by atoms with E-state index in [9.17, 15) is 19.5 Å². The fraction of sp³-hybridized carbons (Fsp3) is 0.565. The van der Waals surface area contributed by atoms with Crippen LogP contribution < -0.4 is 25.8 Å². The molecule has 0 spiro atoms. The van der Waals surface area contributed by atoms with Crippen LogP contribution in [0.4, 0.5) is 20.3 Å². The molecule has 1 aliphatic carbocycles. The zero-order valence-electron chi connectivity index (χ0n) is 37.7. The Bertz CT molecular complexity index is 2840. The number of amides is 2. The predicted molar refractivity (Wildman–Crippen MR) is 245 cm³/mol. The number of halogens is 2. The Morgan fingerprint density at radius 3 is 2.49 bits per heavy atom. The quantitative estimate of drug-likeness (QED) is 0.191. The topological polar surface area (TPSA) is 185 Å². The lowest BCUT2D eigenvalue weighted by molar-refractivity contribution is -0.131. The Morgan fingerprint density at radius 2 is 1.72 bits per heavy atom. The number of imidazole rings is 1. The maximum atomic E-state index is 16.0. The number of piperazine rings is 1. The minimum absolute atomic E-state index is 0.0818. The van der Waals surface area contributed by atoms with Gasteiger partial charge in [0.05, 0.1) is 64.5 Å². The molecule has 1 unspecified atom stereocenters. The molecule has 19 nitrogen and oxygen atoms in total. The van der Waals surface area contributed by atoms with E-state index in [1.165, 1.54) is 9.24 Å². The Balaban J connectivity index is 0.961. The average molecular weight is 922 g/mol. The number of para-hydroxylation sites is 1. The fourth-order valence-corrected chi connectivity index (χ4v) is 12.3. The van der Waals surface area contributed by atoms with Gasteiger partial charge in [0.25, 0.3) is 0 Å². The Labute approximate surface area is 384 Å². The van der Waals surface area contributed by atoms with E-state index < -0.39 is 47.5 Å². The third-order valence-corrected chi connectivity index (χ3v) is 15.3. The lowest BCUT2D eigenvalue weighted by Gasteiger charge is -2.58. The molecule has 11 rings (SSSR count). The van der Waals surface area contributed by atoms with Gasteiger partial charge in [0, 0.05) is 78.1 Å². The maximum Gasteiger partial charge on any atom is 0.348 e. The molecule has 6 aromatic rings. The van der Waals surface area contributed by atoms with Gasteiger partial charge in [-0.2, -0.15) is 14.8 Å². The molecule has 4 atom stereocenters. The van der Waals surface area contributed by atoms with Gasteiger partial charge in [0.1, 0.15) is 11.4 Å². The van der Waals surface area contributed by atoms with Crippen LogP contribution in [0.2, 0.25) is 0 Å². The van der Waals surface area contributed by atoms with Crippen LogP contribution in [0.25, 0.3) is 33.6 Å². The molecule has 0 radical (unpaired) electrons. The molecule has 67 heavy (non-hydrogen) atoms. The number of aryl methyl sites for hydroxylation is 1. The first-order chi connectivity index (χ1) is 32.6. The van der Waals surface area contributed by atoms with Crippen molar-refractivity contribution in [2.24, 2.45) is 18.9 Å². The largest absolute Gasteiger partial charge is 0.391 e. The fourth-order valence-electron chi connectivity index (χ4n) is 12.3. The zero-order chi connectivity index (χ0) is 46.0. The zero-order valence-corrected chi connectivity index (χ0v) is 37.7. The second kappa shape index (κ2) is 17.5. The summed E-state index contributed by atoms with van der Waals surface area (Å²) in [4.78, 5) is 51.2. The highest BCUT2D eigenvalue weighted by atomic mass is 19.3. The summed E-state index contributed by atoms with van der Waals surface area (Å²) in [5.74, 6) is -1.06. The molecule has 21 heteroatoms. The SMILES string of the molecule is Cn1c(=O)n(N2C(=O)CCCC2=O)c2cccc(N3CCN([C@]4([C@@H](C5CCCCC5)n5cc(-n6nncc6-c6c(N7CCC[C@@H](O)C7)nn7cccnc67)cn5)CCNCC4C(F)F)CC3)c21. The maximum absolute atomic E-state index is 16.0. The number of aromatic nitrogens is 10. The highest BCUT2D eigenvalue weighted by Crippen LogP contribution is 2.50. The van der Waals surface area contributed by atoms with Crippen LogP contribution in [0.1, 0.15) is 76.7 Å². The van der Waals surface area contributed by atoms with Crippen molar-refractivity contribution in [3.63, 3.8) is 0 Å². The van der Waals surface area contributed by atoms with E-state index in [1.54, 1.807) is 40.9 Å². The third kappa shape index (κ3) is 7.31. The van der Waals surface area contributed by atoms with Gasteiger partial charge in [0.2, 0.25) is 18.2 Å². The van der Waals surface area contributed by atoms with Crippen molar-refractivity contribution in [1.82, 2.24) is 58.8 Å². The number of carbonyl (C=O) groups is 2. The van der Waals surface area contributed by atoms with Crippen molar-refractivity contribution in [2.75, 3.05) is 67.2 Å². The van der Waals surface area contributed by atoms with Gasteiger partial charge in [-0.1, -0.05) is 30.5 Å². The smallest absolute Gasteiger partial charge is 0.348 e. The van der Waals surface area contributed by atoms with Crippen LogP contribution in [-0.2, 0) is 16.6 Å². The van der Waals surface area contributed by atoms with Gasteiger partial charge in [-0.05, 0) is 69.2 Å². The number of benzene rings is 1. The number of hydrogen-bond acceptors (Lipinski definition) is 13. The van der Waals surface area contributed by atoms with Crippen LogP contribution in [-0.4, -0.2) is 141 Å². The molecule has 5 aliphatic rings. The van der Waals surface area contributed by atoms with Gasteiger partial charge in [0.15, 0.2) is 11.5 Å². The number of aliphatic hydroxyl groups excluding tert-OH is 1. The highest BCUT2D eigenvalue weighted by Gasteiger charge is 2.57. The van der Waals surface area contributed by atoms with E-state index in [-0.39, 0.29) is 25.3 Å². The molecule has 1 saturated carbocycles. The number of nitrogens with zero attached hydrogens (tertiary/aromatic N) is 14. The van der Waals surface area contributed by atoms with Crippen molar-refractivity contribution < 1.29 is 23.5 Å².